The van der Waals surface area contributed by atoms with Gasteiger partial charge >= 0.3 is 6.03 Å². The lowest BCUT2D eigenvalue weighted by atomic mass is 10.1. The molecule has 2 atom stereocenters. The zero-order valence-electron chi connectivity index (χ0n) is 14.6. The fourth-order valence-electron chi connectivity index (χ4n) is 3.30. The van der Waals surface area contributed by atoms with Crippen LogP contribution < -0.4 is 5.32 Å². The molecule has 4 rings (SSSR count). The van der Waals surface area contributed by atoms with Crippen LogP contribution in [-0.2, 0) is 16.1 Å². The SMILES string of the molecule is CC1(C)NC(=O)N(Cc2noc([C@H]3CC[C@@H](c4ccccc4)O3)n2)C1=O. The highest BCUT2D eigenvalue weighted by atomic mass is 16.5. The highest BCUT2D eigenvalue weighted by molar-refractivity contribution is 6.06. The Labute approximate surface area is 150 Å². The minimum atomic E-state index is -0.916. The maximum atomic E-state index is 12.2. The zero-order chi connectivity index (χ0) is 18.3. The van der Waals surface area contributed by atoms with Gasteiger partial charge in [-0.05, 0) is 32.3 Å². The maximum absolute atomic E-state index is 12.2. The van der Waals surface area contributed by atoms with Crippen molar-refractivity contribution in [3.05, 3.63) is 47.6 Å². The molecule has 0 aliphatic carbocycles. The van der Waals surface area contributed by atoms with Crippen molar-refractivity contribution >= 4 is 11.9 Å². The molecule has 1 aromatic heterocycles. The minimum Gasteiger partial charge on any atom is -0.360 e. The van der Waals surface area contributed by atoms with E-state index in [0.717, 1.165) is 23.3 Å². The second kappa shape index (κ2) is 6.21. The lowest BCUT2D eigenvalue weighted by molar-refractivity contribution is -0.130. The molecule has 2 aromatic rings. The minimum absolute atomic E-state index is 0.00304. The maximum Gasteiger partial charge on any atom is 0.325 e. The van der Waals surface area contributed by atoms with Crippen LogP contribution in [0.3, 0.4) is 0 Å². The second-order valence-corrected chi connectivity index (χ2v) is 7.10. The third-order valence-electron chi connectivity index (χ3n) is 4.69. The van der Waals surface area contributed by atoms with Gasteiger partial charge in [-0.1, -0.05) is 35.5 Å². The monoisotopic (exact) mass is 356 g/mol. The number of amides is 3. The first kappa shape index (κ1) is 16.7. The number of nitrogens with zero attached hydrogens (tertiary/aromatic N) is 3. The first-order chi connectivity index (χ1) is 12.4. The summed E-state index contributed by atoms with van der Waals surface area (Å²) >= 11 is 0. The molecule has 26 heavy (non-hydrogen) atoms. The Kier molecular flexibility index (Phi) is 3.99. The second-order valence-electron chi connectivity index (χ2n) is 7.10. The summed E-state index contributed by atoms with van der Waals surface area (Å²) in [6, 6.07) is 9.55. The highest BCUT2D eigenvalue weighted by Crippen LogP contribution is 2.40. The van der Waals surface area contributed by atoms with Crippen LogP contribution in [0.5, 0.6) is 0 Å². The molecule has 2 fully saturated rings. The Morgan fingerprint density at radius 3 is 2.62 bits per heavy atom. The Morgan fingerprint density at radius 1 is 1.19 bits per heavy atom. The molecule has 3 heterocycles. The van der Waals surface area contributed by atoms with E-state index in [0.29, 0.717) is 5.89 Å². The standard InChI is InChI=1S/C18H20N4O4/c1-18(2)16(23)22(17(24)20-18)10-14-19-15(26-21-14)13-9-8-12(25-13)11-6-4-3-5-7-11/h3-7,12-13H,8-10H2,1-2H3,(H,20,24)/t12-,13+/m0/s1. The number of hydrogen-bond donors (Lipinski definition) is 1. The molecule has 1 N–H and O–H groups in total. The van der Waals surface area contributed by atoms with E-state index in [1.807, 2.05) is 30.3 Å². The summed E-state index contributed by atoms with van der Waals surface area (Å²) in [5, 5.41) is 6.52. The largest absolute Gasteiger partial charge is 0.360 e. The van der Waals surface area contributed by atoms with E-state index in [9.17, 15) is 9.59 Å². The zero-order valence-corrected chi connectivity index (χ0v) is 14.6. The number of ether oxygens (including phenoxy) is 1. The van der Waals surface area contributed by atoms with Crippen LogP contribution in [0.25, 0.3) is 0 Å². The van der Waals surface area contributed by atoms with Crippen LogP contribution in [0.2, 0.25) is 0 Å². The predicted octanol–water partition coefficient (Wildman–Crippen LogP) is 2.49. The van der Waals surface area contributed by atoms with Crippen molar-refractivity contribution in [2.24, 2.45) is 0 Å². The van der Waals surface area contributed by atoms with Crippen molar-refractivity contribution in [3.63, 3.8) is 0 Å². The van der Waals surface area contributed by atoms with Gasteiger partial charge in [0.05, 0.1) is 12.6 Å². The van der Waals surface area contributed by atoms with Crippen molar-refractivity contribution in [3.8, 4) is 0 Å². The normalized spacial score (nSPS) is 24.9. The van der Waals surface area contributed by atoms with E-state index in [1.165, 1.54) is 0 Å². The average molecular weight is 356 g/mol. The van der Waals surface area contributed by atoms with Gasteiger partial charge in [0.2, 0.25) is 0 Å². The fraction of sp³-hybridized carbons (Fsp3) is 0.444. The van der Waals surface area contributed by atoms with Crippen molar-refractivity contribution in [2.75, 3.05) is 0 Å². The van der Waals surface area contributed by atoms with Crippen molar-refractivity contribution in [1.82, 2.24) is 20.4 Å². The Hall–Kier alpha value is -2.74. The highest BCUT2D eigenvalue weighted by Gasteiger charge is 2.44. The van der Waals surface area contributed by atoms with Crippen LogP contribution in [-0.4, -0.2) is 32.5 Å². The molecule has 0 unspecified atom stereocenters. The fourth-order valence-corrected chi connectivity index (χ4v) is 3.30. The Morgan fingerprint density at radius 2 is 1.92 bits per heavy atom. The molecule has 2 saturated heterocycles. The van der Waals surface area contributed by atoms with E-state index in [1.54, 1.807) is 13.8 Å². The van der Waals surface area contributed by atoms with E-state index < -0.39 is 11.6 Å². The molecule has 0 saturated carbocycles. The number of carbonyl (C=O) groups excluding carboxylic acids is 2. The summed E-state index contributed by atoms with van der Waals surface area (Å²) in [4.78, 5) is 29.6. The number of nitrogens with one attached hydrogen (secondary N) is 1. The summed E-state index contributed by atoms with van der Waals surface area (Å²) < 4.78 is 11.3. The lowest BCUT2D eigenvalue weighted by Crippen LogP contribution is -2.40. The van der Waals surface area contributed by atoms with Gasteiger partial charge in [-0.25, -0.2) is 4.79 Å². The summed E-state index contributed by atoms with van der Waals surface area (Å²) in [7, 11) is 0. The van der Waals surface area contributed by atoms with Gasteiger partial charge in [0.15, 0.2) is 5.82 Å². The molecule has 1 aromatic carbocycles. The van der Waals surface area contributed by atoms with Gasteiger partial charge in [-0.3, -0.25) is 9.69 Å². The van der Waals surface area contributed by atoms with Gasteiger partial charge in [0.1, 0.15) is 11.6 Å². The molecule has 3 amide bonds. The number of hydrogen-bond acceptors (Lipinski definition) is 6. The summed E-state index contributed by atoms with van der Waals surface area (Å²) in [6.45, 7) is 3.29. The Bertz CT molecular complexity index is 833. The third kappa shape index (κ3) is 2.96. The molecular formula is C18H20N4O4. The molecule has 136 valence electrons. The number of rotatable bonds is 4. The smallest absolute Gasteiger partial charge is 0.325 e. The average Bonchev–Trinajstić information content (AvgIpc) is 3.32. The Balaban J connectivity index is 1.43. The number of carbonyl (C=O) groups is 2. The van der Waals surface area contributed by atoms with E-state index in [4.69, 9.17) is 9.26 Å². The van der Waals surface area contributed by atoms with Crippen LogP contribution in [0.1, 0.15) is 56.2 Å². The van der Waals surface area contributed by atoms with Crippen molar-refractivity contribution in [1.29, 1.82) is 0 Å². The predicted molar refractivity (Wildman–Crippen MR) is 89.7 cm³/mol. The van der Waals surface area contributed by atoms with Gasteiger partial charge in [-0.2, -0.15) is 4.98 Å². The van der Waals surface area contributed by atoms with Crippen LogP contribution >= 0.6 is 0 Å². The molecule has 8 heteroatoms. The molecule has 0 spiro atoms. The van der Waals surface area contributed by atoms with E-state index in [-0.39, 0.29) is 30.5 Å². The first-order valence-corrected chi connectivity index (χ1v) is 8.61. The van der Waals surface area contributed by atoms with Crippen LogP contribution in [0.4, 0.5) is 4.79 Å². The third-order valence-corrected chi connectivity index (χ3v) is 4.69. The lowest BCUT2D eigenvalue weighted by Gasteiger charge is -2.14. The van der Waals surface area contributed by atoms with E-state index in [2.05, 4.69) is 15.5 Å². The first-order valence-electron chi connectivity index (χ1n) is 8.61. The number of imide groups is 1. The summed E-state index contributed by atoms with van der Waals surface area (Å²) in [5.74, 6) is 0.354. The molecule has 2 aliphatic rings. The molecule has 0 bridgehead atoms. The number of urea groups is 1. The summed E-state index contributed by atoms with van der Waals surface area (Å²) in [5.41, 5.74) is 0.206. The van der Waals surface area contributed by atoms with Gasteiger partial charge in [-0.15, -0.1) is 0 Å². The van der Waals surface area contributed by atoms with Crippen LogP contribution in [0, 0.1) is 0 Å². The molecule has 8 nitrogen and oxygen atoms in total. The molecule has 0 radical (unpaired) electrons. The molecule has 2 aliphatic heterocycles. The molecular weight excluding hydrogens is 336 g/mol. The topological polar surface area (TPSA) is 97.6 Å². The van der Waals surface area contributed by atoms with Crippen LogP contribution in [0.15, 0.2) is 34.9 Å². The van der Waals surface area contributed by atoms with Gasteiger partial charge in [0.25, 0.3) is 11.8 Å². The van der Waals surface area contributed by atoms with Gasteiger partial charge in [0, 0.05) is 0 Å². The summed E-state index contributed by atoms with van der Waals surface area (Å²) in [6.07, 6.45) is 1.37. The quantitative estimate of drug-likeness (QED) is 0.845. The van der Waals surface area contributed by atoms with Gasteiger partial charge < -0.3 is 14.6 Å². The number of benzene rings is 1. The van der Waals surface area contributed by atoms with Crippen molar-refractivity contribution in [2.45, 2.75) is 51.0 Å². The number of aromatic nitrogens is 2. The van der Waals surface area contributed by atoms with Crippen molar-refractivity contribution < 1.29 is 18.8 Å². The van der Waals surface area contributed by atoms with E-state index >= 15 is 0 Å².